The smallest absolute Gasteiger partial charge is 0.200 e. The molecule has 0 bridgehead atoms. The lowest BCUT2D eigenvalue weighted by Gasteiger charge is -2.06. The van der Waals surface area contributed by atoms with Crippen LogP contribution in [0.5, 0.6) is 5.75 Å². The summed E-state index contributed by atoms with van der Waals surface area (Å²) in [7, 11) is 0. The van der Waals surface area contributed by atoms with E-state index >= 15 is 0 Å². The highest BCUT2D eigenvalue weighted by molar-refractivity contribution is 6.14. The zero-order valence-corrected chi connectivity index (χ0v) is 10.7. The first-order valence-corrected chi connectivity index (χ1v) is 6.56. The van der Waals surface area contributed by atoms with Gasteiger partial charge >= 0.3 is 0 Å². The number of benzene rings is 1. The molecule has 0 unspecified atom stereocenters. The van der Waals surface area contributed by atoms with E-state index in [1.54, 1.807) is 10.7 Å². The first-order valence-electron chi connectivity index (χ1n) is 6.56. The quantitative estimate of drug-likeness (QED) is 0.668. The summed E-state index contributed by atoms with van der Waals surface area (Å²) in [6.07, 6.45) is 4.31. The minimum atomic E-state index is -0.0371. The molecule has 4 nitrogen and oxygen atoms in total. The van der Waals surface area contributed by atoms with Gasteiger partial charge in [-0.2, -0.15) is 5.10 Å². The molecule has 20 heavy (non-hydrogen) atoms. The highest BCUT2D eigenvalue weighted by Crippen LogP contribution is 2.31. The minimum Gasteiger partial charge on any atom is -0.492 e. The van der Waals surface area contributed by atoms with Gasteiger partial charge < -0.3 is 4.74 Å². The Morgan fingerprint density at radius 1 is 1.15 bits per heavy atom. The van der Waals surface area contributed by atoms with E-state index in [1.807, 2.05) is 42.6 Å². The van der Waals surface area contributed by atoms with Gasteiger partial charge in [0.15, 0.2) is 0 Å². The fourth-order valence-corrected chi connectivity index (χ4v) is 2.65. The zero-order valence-electron chi connectivity index (χ0n) is 10.7. The molecule has 0 atom stereocenters. The first kappa shape index (κ1) is 11.2. The van der Waals surface area contributed by atoms with Crippen molar-refractivity contribution in [1.82, 2.24) is 9.61 Å². The Bertz CT molecular complexity index is 820. The lowest BCUT2D eigenvalue weighted by Crippen LogP contribution is -2.03. The van der Waals surface area contributed by atoms with Crippen molar-refractivity contribution in [3.63, 3.8) is 0 Å². The average Bonchev–Trinajstić information content (AvgIpc) is 3.12. The van der Waals surface area contributed by atoms with E-state index in [9.17, 15) is 4.79 Å². The number of aromatic nitrogens is 2. The molecular formula is C16H12N2O2. The fraction of sp³-hybridized carbons (Fsp3) is 0.125. The molecular weight excluding hydrogens is 252 g/mol. The summed E-state index contributed by atoms with van der Waals surface area (Å²) in [5.41, 5.74) is 3.15. The van der Waals surface area contributed by atoms with Crippen LogP contribution in [0.15, 0.2) is 48.8 Å². The molecule has 0 saturated carbocycles. The Morgan fingerprint density at radius 3 is 3.05 bits per heavy atom. The molecule has 4 rings (SSSR count). The number of carbonyl (C=O) groups is 1. The van der Waals surface area contributed by atoms with Gasteiger partial charge in [0.1, 0.15) is 5.75 Å². The number of hydrogen-bond donors (Lipinski definition) is 0. The number of para-hydroxylation sites is 1. The number of fused-ring (bicyclic) bond motifs is 2. The second-order valence-electron chi connectivity index (χ2n) is 4.81. The first-order chi connectivity index (χ1) is 9.84. The lowest BCUT2D eigenvalue weighted by atomic mass is 10.0. The van der Waals surface area contributed by atoms with Crippen molar-refractivity contribution >= 4 is 11.3 Å². The van der Waals surface area contributed by atoms with Crippen LogP contribution in [-0.2, 0) is 6.42 Å². The number of pyridine rings is 1. The van der Waals surface area contributed by atoms with Crippen LogP contribution >= 0.6 is 0 Å². The molecule has 1 aliphatic rings. The predicted molar refractivity (Wildman–Crippen MR) is 74.3 cm³/mol. The van der Waals surface area contributed by atoms with Gasteiger partial charge in [0.2, 0.25) is 5.78 Å². The molecule has 0 spiro atoms. The summed E-state index contributed by atoms with van der Waals surface area (Å²) in [5, 5.41) is 4.21. The Kier molecular flexibility index (Phi) is 2.36. The summed E-state index contributed by atoms with van der Waals surface area (Å²) in [4.78, 5) is 12.7. The molecule has 0 aliphatic carbocycles. The molecule has 3 aromatic rings. The maximum atomic E-state index is 12.7. The van der Waals surface area contributed by atoms with Crippen LogP contribution in [0.25, 0.3) is 5.52 Å². The molecule has 0 radical (unpaired) electrons. The summed E-state index contributed by atoms with van der Waals surface area (Å²) in [6.45, 7) is 0.647. The third kappa shape index (κ3) is 1.54. The molecule has 0 N–H and O–H groups in total. The standard InChI is InChI=1S/C16H12N2O2/c19-15(12-5-3-4-11-7-9-20-16(11)12)13-10-17-18-8-2-1-6-14(13)18/h1-6,8,10H,7,9H2. The third-order valence-electron chi connectivity index (χ3n) is 3.63. The minimum absolute atomic E-state index is 0.0371. The number of hydrogen-bond acceptors (Lipinski definition) is 3. The van der Waals surface area contributed by atoms with Crippen molar-refractivity contribution in [2.45, 2.75) is 6.42 Å². The third-order valence-corrected chi connectivity index (χ3v) is 3.63. The van der Waals surface area contributed by atoms with Crippen molar-refractivity contribution in [2.75, 3.05) is 6.61 Å². The monoisotopic (exact) mass is 264 g/mol. The van der Waals surface area contributed by atoms with Crippen LogP contribution in [0.3, 0.4) is 0 Å². The van der Waals surface area contributed by atoms with E-state index in [0.29, 0.717) is 17.7 Å². The van der Waals surface area contributed by atoms with Gasteiger partial charge in [0.25, 0.3) is 0 Å². The van der Waals surface area contributed by atoms with Crippen molar-refractivity contribution in [3.05, 3.63) is 65.5 Å². The number of nitrogens with zero attached hydrogens (tertiary/aromatic N) is 2. The number of rotatable bonds is 2. The topological polar surface area (TPSA) is 43.6 Å². The Hall–Kier alpha value is -2.62. The SMILES string of the molecule is O=C(c1cccc2c1OCC2)c1cnn2ccccc12. The largest absolute Gasteiger partial charge is 0.492 e. The van der Waals surface area contributed by atoms with Crippen LogP contribution in [-0.4, -0.2) is 22.0 Å². The van der Waals surface area contributed by atoms with Crippen molar-refractivity contribution < 1.29 is 9.53 Å². The molecule has 1 aliphatic heterocycles. The molecule has 98 valence electrons. The molecule has 3 heterocycles. The zero-order chi connectivity index (χ0) is 13.5. The second-order valence-corrected chi connectivity index (χ2v) is 4.81. The Balaban J connectivity index is 1.87. The molecule has 0 fully saturated rings. The van der Waals surface area contributed by atoms with Crippen LogP contribution in [0, 0.1) is 0 Å². The van der Waals surface area contributed by atoms with E-state index in [1.165, 1.54) is 0 Å². The normalized spacial score (nSPS) is 13.2. The number of carbonyl (C=O) groups excluding carboxylic acids is 1. The molecule has 2 aromatic heterocycles. The highest BCUT2D eigenvalue weighted by Gasteiger charge is 2.23. The summed E-state index contributed by atoms with van der Waals surface area (Å²) >= 11 is 0. The Labute approximate surface area is 115 Å². The van der Waals surface area contributed by atoms with Crippen LogP contribution in [0.2, 0.25) is 0 Å². The van der Waals surface area contributed by atoms with Gasteiger partial charge in [-0.1, -0.05) is 18.2 Å². The van der Waals surface area contributed by atoms with Crippen LogP contribution in [0.1, 0.15) is 21.5 Å². The van der Waals surface area contributed by atoms with Crippen molar-refractivity contribution in [3.8, 4) is 5.75 Å². The van der Waals surface area contributed by atoms with Crippen LogP contribution < -0.4 is 4.74 Å². The van der Waals surface area contributed by atoms with Gasteiger partial charge in [0, 0.05) is 12.6 Å². The van der Waals surface area contributed by atoms with Gasteiger partial charge in [-0.05, 0) is 23.8 Å². The maximum Gasteiger partial charge on any atom is 0.200 e. The van der Waals surface area contributed by atoms with Crippen molar-refractivity contribution in [2.24, 2.45) is 0 Å². The number of ether oxygens (including phenoxy) is 1. The molecule has 0 amide bonds. The second kappa shape index (κ2) is 4.20. The van der Waals surface area contributed by atoms with Crippen LogP contribution in [0.4, 0.5) is 0 Å². The van der Waals surface area contributed by atoms with E-state index in [4.69, 9.17) is 4.74 Å². The summed E-state index contributed by atoms with van der Waals surface area (Å²) in [6, 6.07) is 11.4. The molecule has 0 saturated heterocycles. The maximum absolute atomic E-state index is 12.7. The summed E-state index contributed by atoms with van der Waals surface area (Å²) < 4.78 is 7.32. The average molecular weight is 264 g/mol. The highest BCUT2D eigenvalue weighted by atomic mass is 16.5. The van der Waals surface area contributed by atoms with Crippen molar-refractivity contribution in [1.29, 1.82) is 0 Å². The van der Waals surface area contributed by atoms with Gasteiger partial charge in [-0.15, -0.1) is 0 Å². The molecule has 1 aromatic carbocycles. The van der Waals surface area contributed by atoms with E-state index in [-0.39, 0.29) is 5.78 Å². The van der Waals surface area contributed by atoms with Gasteiger partial charge in [-0.3, -0.25) is 4.79 Å². The van der Waals surface area contributed by atoms with Gasteiger partial charge in [0.05, 0.1) is 29.4 Å². The number of ketones is 1. The fourth-order valence-electron chi connectivity index (χ4n) is 2.65. The van der Waals surface area contributed by atoms with E-state index in [2.05, 4.69) is 5.10 Å². The van der Waals surface area contributed by atoms with Gasteiger partial charge in [-0.25, -0.2) is 4.52 Å². The lowest BCUT2D eigenvalue weighted by molar-refractivity contribution is 0.103. The summed E-state index contributed by atoms with van der Waals surface area (Å²) in [5.74, 6) is 0.692. The predicted octanol–water partition coefficient (Wildman–Crippen LogP) is 2.50. The molecule has 4 heteroatoms. The Morgan fingerprint density at radius 2 is 2.10 bits per heavy atom. The van der Waals surface area contributed by atoms with E-state index in [0.717, 1.165) is 23.3 Å². The van der Waals surface area contributed by atoms with E-state index < -0.39 is 0 Å².